The fourth-order valence-electron chi connectivity index (χ4n) is 3.02. The van der Waals surface area contributed by atoms with E-state index < -0.39 is 5.97 Å². The third-order valence-corrected chi connectivity index (χ3v) is 5.52. The summed E-state index contributed by atoms with van der Waals surface area (Å²) in [5.74, 6) is -0.0970. The number of nitrogens with zero attached hydrogens (tertiary/aromatic N) is 3. The van der Waals surface area contributed by atoms with Crippen molar-refractivity contribution in [2.75, 3.05) is 18.8 Å². The second-order valence-electron chi connectivity index (χ2n) is 6.72. The first-order valence-corrected chi connectivity index (χ1v) is 10.4. The summed E-state index contributed by atoms with van der Waals surface area (Å²) in [6.07, 6.45) is 3.94. The number of carbonyl (C=O) groups is 2. The first-order chi connectivity index (χ1) is 13.1. The number of carboxylic acids is 1. The van der Waals surface area contributed by atoms with E-state index in [-0.39, 0.29) is 12.6 Å². The molecule has 1 heterocycles. The van der Waals surface area contributed by atoms with E-state index in [1.807, 2.05) is 36.1 Å². The molecule has 1 aliphatic rings. The fourth-order valence-corrected chi connectivity index (χ4v) is 3.96. The van der Waals surface area contributed by atoms with E-state index in [1.165, 1.54) is 0 Å². The zero-order chi connectivity index (χ0) is 19.2. The number of rotatable bonds is 10. The van der Waals surface area contributed by atoms with Gasteiger partial charge >= 0.3 is 12.0 Å². The van der Waals surface area contributed by atoms with Gasteiger partial charge in [-0.05, 0) is 37.8 Å². The highest BCUT2D eigenvalue weighted by molar-refractivity contribution is 7.99. The van der Waals surface area contributed by atoms with Gasteiger partial charge in [0, 0.05) is 24.9 Å². The lowest BCUT2D eigenvalue weighted by molar-refractivity contribution is -0.137. The van der Waals surface area contributed by atoms with E-state index in [0.29, 0.717) is 24.3 Å². The summed E-state index contributed by atoms with van der Waals surface area (Å²) in [4.78, 5) is 30.0. The molecule has 3 rings (SSSR count). The van der Waals surface area contributed by atoms with Crippen molar-refractivity contribution < 1.29 is 14.7 Å². The van der Waals surface area contributed by atoms with E-state index >= 15 is 0 Å². The molecular formula is C19H26N4O3S. The minimum atomic E-state index is -0.882. The number of aromatic nitrogens is 2. The molecule has 2 N–H and O–H groups in total. The second kappa shape index (κ2) is 9.12. The van der Waals surface area contributed by atoms with Gasteiger partial charge in [-0.1, -0.05) is 30.8 Å². The van der Waals surface area contributed by atoms with Crippen molar-refractivity contribution in [2.24, 2.45) is 0 Å². The highest BCUT2D eigenvalue weighted by atomic mass is 32.2. The van der Waals surface area contributed by atoms with Crippen LogP contribution in [0.2, 0.25) is 0 Å². The SMILES string of the molecule is CCCNC(=O)N(CCCSc1nc2ccccc2n1CC(=O)O)C1CC1. The Labute approximate surface area is 163 Å². The molecular weight excluding hydrogens is 364 g/mol. The summed E-state index contributed by atoms with van der Waals surface area (Å²) >= 11 is 1.55. The minimum Gasteiger partial charge on any atom is -0.480 e. The van der Waals surface area contributed by atoms with E-state index in [2.05, 4.69) is 10.3 Å². The molecule has 7 nitrogen and oxygen atoms in total. The molecule has 1 fully saturated rings. The van der Waals surface area contributed by atoms with Gasteiger partial charge in [0.2, 0.25) is 0 Å². The maximum atomic E-state index is 12.3. The fraction of sp³-hybridized carbons (Fsp3) is 0.526. The molecule has 27 heavy (non-hydrogen) atoms. The molecule has 1 saturated carbocycles. The standard InChI is InChI=1S/C19H26N4O3S/c1-2-10-20-18(26)22(14-8-9-14)11-5-12-27-19-21-15-6-3-4-7-16(15)23(19)13-17(24)25/h3-4,6-7,14H,2,5,8-13H2,1H3,(H,20,26)(H,24,25). The van der Waals surface area contributed by atoms with Crippen LogP contribution in [0, 0.1) is 0 Å². The van der Waals surface area contributed by atoms with Crippen LogP contribution < -0.4 is 5.32 Å². The van der Waals surface area contributed by atoms with E-state index in [0.717, 1.165) is 42.5 Å². The minimum absolute atomic E-state index is 0.0301. The van der Waals surface area contributed by atoms with Crippen LogP contribution in [0.25, 0.3) is 11.0 Å². The number of para-hydroxylation sites is 2. The molecule has 1 aromatic heterocycles. The van der Waals surface area contributed by atoms with Gasteiger partial charge in [0.15, 0.2) is 5.16 Å². The Hall–Kier alpha value is -2.22. The lowest BCUT2D eigenvalue weighted by atomic mass is 10.3. The van der Waals surface area contributed by atoms with Crippen molar-refractivity contribution in [3.63, 3.8) is 0 Å². The first kappa shape index (κ1) is 19.5. The van der Waals surface area contributed by atoms with Crippen LogP contribution in [-0.4, -0.2) is 56.4 Å². The number of urea groups is 1. The number of aliphatic carboxylic acids is 1. The van der Waals surface area contributed by atoms with Crippen molar-refractivity contribution in [1.29, 1.82) is 0 Å². The molecule has 0 radical (unpaired) electrons. The largest absolute Gasteiger partial charge is 0.480 e. The molecule has 0 bridgehead atoms. The maximum absolute atomic E-state index is 12.3. The Kier molecular flexibility index (Phi) is 6.60. The van der Waals surface area contributed by atoms with Crippen LogP contribution in [0.1, 0.15) is 32.6 Å². The van der Waals surface area contributed by atoms with Crippen molar-refractivity contribution in [1.82, 2.24) is 19.8 Å². The van der Waals surface area contributed by atoms with Crippen molar-refractivity contribution in [2.45, 2.75) is 50.4 Å². The molecule has 0 unspecified atom stereocenters. The second-order valence-corrected chi connectivity index (χ2v) is 7.78. The maximum Gasteiger partial charge on any atom is 0.323 e. The molecule has 1 aromatic carbocycles. The average Bonchev–Trinajstić information content (AvgIpc) is 3.43. The summed E-state index contributed by atoms with van der Waals surface area (Å²) < 4.78 is 1.74. The van der Waals surface area contributed by atoms with Crippen LogP contribution in [0.3, 0.4) is 0 Å². The molecule has 146 valence electrons. The van der Waals surface area contributed by atoms with Crippen LogP contribution in [0.15, 0.2) is 29.4 Å². The molecule has 0 aliphatic heterocycles. The smallest absolute Gasteiger partial charge is 0.323 e. The number of amides is 2. The van der Waals surface area contributed by atoms with Crippen LogP contribution >= 0.6 is 11.8 Å². The Balaban J connectivity index is 1.58. The Morgan fingerprint density at radius 3 is 2.85 bits per heavy atom. The Bertz CT molecular complexity index is 803. The van der Waals surface area contributed by atoms with Gasteiger partial charge in [0.05, 0.1) is 11.0 Å². The predicted molar refractivity (Wildman–Crippen MR) is 106 cm³/mol. The zero-order valence-corrected chi connectivity index (χ0v) is 16.4. The summed E-state index contributed by atoms with van der Waals surface area (Å²) in [6.45, 7) is 3.36. The van der Waals surface area contributed by atoms with E-state index in [1.54, 1.807) is 16.3 Å². The normalized spacial score (nSPS) is 13.7. The lowest BCUT2D eigenvalue weighted by Gasteiger charge is -2.22. The molecule has 0 atom stereocenters. The molecule has 2 amide bonds. The highest BCUT2D eigenvalue weighted by Crippen LogP contribution is 2.28. The zero-order valence-electron chi connectivity index (χ0n) is 15.6. The van der Waals surface area contributed by atoms with Gasteiger partial charge in [0.1, 0.15) is 6.54 Å². The molecule has 0 saturated heterocycles. The Morgan fingerprint density at radius 2 is 2.15 bits per heavy atom. The van der Waals surface area contributed by atoms with Gasteiger partial charge in [-0.15, -0.1) is 0 Å². The number of nitrogens with one attached hydrogen (secondary N) is 1. The summed E-state index contributed by atoms with van der Waals surface area (Å²) in [5, 5.41) is 12.9. The third kappa shape index (κ3) is 5.15. The van der Waals surface area contributed by atoms with Crippen molar-refractivity contribution >= 4 is 34.8 Å². The van der Waals surface area contributed by atoms with Gasteiger partial charge in [-0.2, -0.15) is 0 Å². The number of benzene rings is 1. The van der Waals surface area contributed by atoms with Crippen LogP contribution in [-0.2, 0) is 11.3 Å². The number of carbonyl (C=O) groups excluding carboxylic acids is 1. The number of hydrogen-bond acceptors (Lipinski definition) is 4. The summed E-state index contributed by atoms with van der Waals surface area (Å²) in [5.41, 5.74) is 1.64. The topological polar surface area (TPSA) is 87.5 Å². The number of fused-ring (bicyclic) bond motifs is 1. The molecule has 0 spiro atoms. The Morgan fingerprint density at radius 1 is 1.37 bits per heavy atom. The van der Waals surface area contributed by atoms with Crippen LogP contribution in [0.4, 0.5) is 4.79 Å². The molecule has 2 aromatic rings. The number of thioether (sulfide) groups is 1. The predicted octanol–water partition coefficient (Wildman–Crippen LogP) is 3.19. The summed E-state index contributed by atoms with van der Waals surface area (Å²) in [6, 6.07) is 7.98. The van der Waals surface area contributed by atoms with Gasteiger partial charge in [-0.3, -0.25) is 4.79 Å². The quantitative estimate of drug-likeness (QED) is 0.481. The van der Waals surface area contributed by atoms with Crippen molar-refractivity contribution in [3.8, 4) is 0 Å². The average molecular weight is 391 g/mol. The molecule has 8 heteroatoms. The monoisotopic (exact) mass is 390 g/mol. The van der Waals surface area contributed by atoms with Crippen LogP contribution in [0.5, 0.6) is 0 Å². The van der Waals surface area contributed by atoms with Gasteiger partial charge in [-0.25, -0.2) is 9.78 Å². The van der Waals surface area contributed by atoms with Gasteiger partial charge < -0.3 is 19.9 Å². The van der Waals surface area contributed by atoms with Crippen molar-refractivity contribution in [3.05, 3.63) is 24.3 Å². The van der Waals surface area contributed by atoms with Gasteiger partial charge in [0.25, 0.3) is 0 Å². The highest BCUT2D eigenvalue weighted by Gasteiger charge is 2.31. The number of imidazole rings is 1. The van der Waals surface area contributed by atoms with E-state index in [9.17, 15) is 14.7 Å². The number of carboxylic acid groups (broad SMARTS) is 1. The lowest BCUT2D eigenvalue weighted by Crippen LogP contribution is -2.42. The molecule has 1 aliphatic carbocycles. The summed E-state index contributed by atoms with van der Waals surface area (Å²) in [7, 11) is 0. The van der Waals surface area contributed by atoms with E-state index in [4.69, 9.17) is 0 Å². The third-order valence-electron chi connectivity index (χ3n) is 4.46. The number of hydrogen-bond donors (Lipinski definition) is 2. The first-order valence-electron chi connectivity index (χ1n) is 9.44.